The summed E-state index contributed by atoms with van der Waals surface area (Å²) in [5.74, 6) is 0. The Balaban J connectivity index is 1.02. The van der Waals surface area contributed by atoms with E-state index in [4.69, 9.17) is 0 Å². The zero-order valence-corrected chi connectivity index (χ0v) is 34.5. The van der Waals surface area contributed by atoms with Gasteiger partial charge in [0.25, 0.3) is 0 Å². The normalized spacial score (nSPS) is 13.0. The van der Waals surface area contributed by atoms with E-state index in [0.29, 0.717) is 0 Å². The van der Waals surface area contributed by atoms with Crippen molar-refractivity contribution in [3.05, 3.63) is 258 Å². The lowest BCUT2D eigenvalue weighted by Gasteiger charge is -2.37. The van der Waals surface area contributed by atoms with Gasteiger partial charge < -0.3 is 4.90 Å². The fraction of sp³-hybridized carbons (Fsp3) is 0.0690. The van der Waals surface area contributed by atoms with Gasteiger partial charge in [-0.15, -0.1) is 11.3 Å². The molecule has 1 heterocycles. The van der Waals surface area contributed by atoms with E-state index in [1.807, 2.05) is 11.3 Å². The van der Waals surface area contributed by atoms with Crippen LogP contribution in [0.2, 0.25) is 0 Å². The summed E-state index contributed by atoms with van der Waals surface area (Å²) in [7, 11) is 0. The second kappa shape index (κ2) is 14.4. The van der Waals surface area contributed by atoms with E-state index < -0.39 is 5.41 Å². The quantitative estimate of drug-likeness (QED) is 0.139. The van der Waals surface area contributed by atoms with E-state index in [1.165, 1.54) is 75.8 Å². The maximum Gasteiger partial charge on any atom is 0.0702 e. The van der Waals surface area contributed by atoms with Crippen LogP contribution in [0, 0.1) is 0 Å². The summed E-state index contributed by atoms with van der Waals surface area (Å²) in [6.45, 7) is 4.70. The minimum atomic E-state index is -0.559. The Labute approximate surface area is 356 Å². The summed E-state index contributed by atoms with van der Waals surface area (Å²) in [6.07, 6.45) is 0. The third kappa shape index (κ3) is 5.74. The van der Waals surface area contributed by atoms with Gasteiger partial charge in [0, 0.05) is 42.6 Å². The zero-order valence-electron chi connectivity index (χ0n) is 33.7. The van der Waals surface area contributed by atoms with Crippen LogP contribution in [0.3, 0.4) is 0 Å². The monoisotopic (exact) mass is 785 g/mol. The van der Waals surface area contributed by atoms with Crippen LogP contribution in [0.5, 0.6) is 0 Å². The maximum atomic E-state index is 2.44. The standard InChI is InChI=1S/C58H43NS/c1-57(2)53-24-14-12-22-49(53)50-36-28-41(38-54(50)57)40-26-32-47(33-27-40)59(46-20-10-5-11-21-46)48-34-29-44(30-35-48)58(42-16-6-3-7-17-42,43-18-8-4-9-19-43)45-31-37-52-51-23-13-15-25-55(51)60-56(52)39-45/h3-39H,1-2H3. The average molecular weight is 786 g/mol. The first-order chi connectivity index (χ1) is 29.5. The molecule has 2 heteroatoms. The number of thiophene rings is 1. The van der Waals surface area contributed by atoms with Gasteiger partial charge in [-0.05, 0) is 110 Å². The summed E-state index contributed by atoms with van der Waals surface area (Å²) in [4.78, 5) is 2.37. The fourth-order valence-corrected chi connectivity index (χ4v) is 11.1. The van der Waals surface area contributed by atoms with Gasteiger partial charge in [-0.1, -0.05) is 184 Å². The first kappa shape index (κ1) is 36.1. The molecule has 10 aromatic rings. The average Bonchev–Trinajstić information content (AvgIpc) is 3.79. The summed E-state index contributed by atoms with van der Waals surface area (Å²) >= 11 is 1.87. The van der Waals surface area contributed by atoms with Crippen LogP contribution in [0.4, 0.5) is 17.1 Å². The zero-order chi connectivity index (χ0) is 40.3. The largest absolute Gasteiger partial charge is 0.311 e. The number of hydrogen-bond acceptors (Lipinski definition) is 2. The maximum absolute atomic E-state index is 2.44. The molecule has 11 rings (SSSR count). The van der Waals surface area contributed by atoms with E-state index in [9.17, 15) is 0 Å². The van der Waals surface area contributed by atoms with Crippen LogP contribution in [-0.4, -0.2) is 0 Å². The molecule has 1 aromatic heterocycles. The highest BCUT2D eigenvalue weighted by molar-refractivity contribution is 7.25. The molecule has 1 aliphatic rings. The van der Waals surface area contributed by atoms with Gasteiger partial charge in [-0.3, -0.25) is 0 Å². The number of hydrogen-bond donors (Lipinski definition) is 0. The molecule has 0 amide bonds. The molecule has 0 radical (unpaired) electrons. The van der Waals surface area contributed by atoms with Crippen LogP contribution >= 0.6 is 11.3 Å². The Kier molecular flexibility index (Phi) is 8.65. The Bertz CT molecular complexity index is 3100. The van der Waals surface area contributed by atoms with E-state index in [2.05, 4.69) is 243 Å². The van der Waals surface area contributed by atoms with Crippen molar-refractivity contribution in [2.75, 3.05) is 4.90 Å². The van der Waals surface area contributed by atoms with E-state index in [-0.39, 0.29) is 5.41 Å². The number of para-hydroxylation sites is 1. The summed E-state index contributed by atoms with van der Waals surface area (Å²) in [5.41, 5.74) is 15.6. The minimum Gasteiger partial charge on any atom is -0.311 e. The van der Waals surface area contributed by atoms with Crippen LogP contribution in [0.15, 0.2) is 224 Å². The van der Waals surface area contributed by atoms with Gasteiger partial charge in [-0.25, -0.2) is 0 Å². The second-order valence-corrected chi connectivity index (χ2v) is 17.6. The molecule has 0 aliphatic heterocycles. The predicted octanol–water partition coefficient (Wildman–Crippen LogP) is 15.9. The van der Waals surface area contributed by atoms with Gasteiger partial charge in [0.05, 0.1) is 5.41 Å². The Hall–Kier alpha value is -7.00. The van der Waals surface area contributed by atoms with Crippen molar-refractivity contribution < 1.29 is 0 Å². The molecule has 0 fully saturated rings. The van der Waals surface area contributed by atoms with Gasteiger partial charge in [0.1, 0.15) is 0 Å². The topological polar surface area (TPSA) is 3.24 Å². The number of fused-ring (bicyclic) bond motifs is 6. The minimum absolute atomic E-state index is 0.0396. The lowest BCUT2D eigenvalue weighted by atomic mass is 9.65. The number of rotatable bonds is 8. The first-order valence-electron chi connectivity index (χ1n) is 20.8. The molecule has 60 heavy (non-hydrogen) atoms. The van der Waals surface area contributed by atoms with Crippen molar-refractivity contribution in [1.82, 2.24) is 0 Å². The molecular formula is C58H43NS. The third-order valence-corrected chi connectivity index (χ3v) is 14.0. The van der Waals surface area contributed by atoms with Crippen molar-refractivity contribution in [2.45, 2.75) is 24.7 Å². The van der Waals surface area contributed by atoms with Gasteiger partial charge >= 0.3 is 0 Å². The van der Waals surface area contributed by atoms with Crippen LogP contribution in [0.25, 0.3) is 42.4 Å². The van der Waals surface area contributed by atoms with E-state index in [1.54, 1.807) is 0 Å². The molecule has 0 spiro atoms. The Morgan fingerprint density at radius 3 is 1.57 bits per heavy atom. The molecule has 0 bridgehead atoms. The van der Waals surface area contributed by atoms with Crippen molar-refractivity contribution in [1.29, 1.82) is 0 Å². The molecule has 286 valence electrons. The predicted molar refractivity (Wildman–Crippen MR) is 255 cm³/mol. The Morgan fingerprint density at radius 2 is 0.867 bits per heavy atom. The lowest BCUT2D eigenvalue weighted by molar-refractivity contribution is 0.660. The molecule has 1 nitrogen and oxygen atoms in total. The number of benzene rings is 9. The molecule has 0 N–H and O–H groups in total. The number of anilines is 3. The molecule has 0 saturated carbocycles. The van der Waals surface area contributed by atoms with Gasteiger partial charge in [0.15, 0.2) is 0 Å². The first-order valence-corrected chi connectivity index (χ1v) is 21.7. The highest BCUT2D eigenvalue weighted by atomic mass is 32.1. The van der Waals surface area contributed by atoms with E-state index in [0.717, 1.165) is 17.1 Å². The molecule has 1 aliphatic carbocycles. The van der Waals surface area contributed by atoms with Crippen LogP contribution in [0.1, 0.15) is 47.2 Å². The number of nitrogens with zero attached hydrogens (tertiary/aromatic N) is 1. The summed E-state index contributed by atoms with van der Waals surface area (Å²) in [6, 6.07) is 82.9. The third-order valence-electron chi connectivity index (χ3n) is 12.8. The SMILES string of the molecule is CC1(C)c2ccccc2-c2ccc(-c3ccc(N(c4ccccc4)c4ccc(C(c5ccccc5)(c5ccccc5)c5ccc6c(c5)sc5ccccc56)cc4)cc3)cc21. The Morgan fingerprint density at radius 1 is 0.367 bits per heavy atom. The molecule has 0 saturated heterocycles. The van der Waals surface area contributed by atoms with Crippen molar-refractivity contribution in [3.8, 4) is 22.3 Å². The highest BCUT2D eigenvalue weighted by Crippen LogP contribution is 2.51. The van der Waals surface area contributed by atoms with Crippen LogP contribution in [-0.2, 0) is 10.8 Å². The van der Waals surface area contributed by atoms with Crippen molar-refractivity contribution in [3.63, 3.8) is 0 Å². The summed E-state index contributed by atoms with van der Waals surface area (Å²) in [5, 5.41) is 2.62. The lowest BCUT2D eigenvalue weighted by Crippen LogP contribution is -2.31. The van der Waals surface area contributed by atoms with Gasteiger partial charge in [0.2, 0.25) is 0 Å². The van der Waals surface area contributed by atoms with Crippen molar-refractivity contribution in [2.24, 2.45) is 0 Å². The van der Waals surface area contributed by atoms with Gasteiger partial charge in [-0.2, -0.15) is 0 Å². The molecule has 0 atom stereocenters. The smallest absolute Gasteiger partial charge is 0.0702 e. The second-order valence-electron chi connectivity index (χ2n) is 16.5. The highest BCUT2D eigenvalue weighted by Gasteiger charge is 2.39. The molecule has 9 aromatic carbocycles. The summed E-state index contributed by atoms with van der Waals surface area (Å²) < 4.78 is 2.62. The fourth-order valence-electron chi connectivity index (χ4n) is 9.91. The molecule has 0 unspecified atom stereocenters. The van der Waals surface area contributed by atoms with Crippen LogP contribution < -0.4 is 4.90 Å². The van der Waals surface area contributed by atoms with Crippen molar-refractivity contribution >= 4 is 48.6 Å². The molecular weight excluding hydrogens is 743 g/mol. The van der Waals surface area contributed by atoms with E-state index >= 15 is 0 Å².